The summed E-state index contributed by atoms with van der Waals surface area (Å²) in [4.78, 5) is 27.7. The number of hydrogen-bond donors (Lipinski definition) is 0. The van der Waals surface area contributed by atoms with Gasteiger partial charge in [0.25, 0.3) is 0 Å². The Morgan fingerprint density at radius 2 is 1.10 bits per heavy atom. The van der Waals surface area contributed by atoms with Crippen LogP contribution in [-0.2, 0) is 23.2 Å². The normalized spacial score (nSPS) is 17.8. The zero-order valence-corrected chi connectivity index (χ0v) is 19.4. The Kier molecular flexibility index (Phi) is 9.44. The van der Waals surface area contributed by atoms with Crippen LogP contribution in [0, 0.1) is 0 Å². The molecule has 0 aromatic rings. The summed E-state index contributed by atoms with van der Waals surface area (Å²) in [6, 6.07) is 0. The summed E-state index contributed by atoms with van der Waals surface area (Å²) >= 11 is 0. The number of rotatable bonds is 8. The molecule has 0 saturated heterocycles. The van der Waals surface area contributed by atoms with Crippen molar-refractivity contribution in [1.29, 1.82) is 0 Å². The summed E-state index contributed by atoms with van der Waals surface area (Å²) in [7, 11) is 4.19. The van der Waals surface area contributed by atoms with E-state index in [9.17, 15) is 14.2 Å². The predicted molar refractivity (Wildman–Crippen MR) is 118 cm³/mol. The van der Waals surface area contributed by atoms with Gasteiger partial charge in [-0.25, -0.2) is 4.57 Å². The van der Waals surface area contributed by atoms with Crippen molar-refractivity contribution in [2.45, 2.75) is 51.4 Å². The molecule has 0 heterocycles. The second-order valence-corrected chi connectivity index (χ2v) is 8.88. The molecule has 0 saturated carbocycles. The van der Waals surface area contributed by atoms with Crippen LogP contribution in [0.25, 0.3) is 0 Å². The second-order valence-electron chi connectivity index (χ2n) is 7.91. The molecule has 8 heteroatoms. The lowest BCUT2D eigenvalue weighted by Crippen LogP contribution is -2.25. The van der Waals surface area contributed by atoms with E-state index in [-0.39, 0.29) is 11.8 Å². The Labute approximate surface area is 180 Å². The van der Waals surface area contributed by atoms with E-state index in [0.29, 0.717) is 0 Å². The smallest absolute Gasteiger partial charge is 0.417 e. The van der Waals surface area contributed by atoms with Gasteiger partial charge in [0, 0.05) is 39.3 Å². The van der Waals surface area contributed by atoms with E-state index in [1.54, 1.807) is 50.1 Å². The number of amides is 2. The fraction of sp³-hybridized carbons (Fsp3) is 0.545. The minimum absolute atomic E-state index is 0.00465. The molecule has 30 heavy (non-hydrogen) atoms. The molecule has 0 atom stereocenters. The third-order valence-electron chi connectivity index (χ3n) is 5.22. The Hall–Kier alpha value is -2.27. The van der Waals surface area contributed by atoms with E-state index in [0.717, 1.165) is 73.7 Å². The molecule has 2 aliphatic rings. The summed E-state index contributed by atoms with van der Waals surface area (Å²) in [5, 5.41) is 0. The lowest BCUT2D eigenvalue weighted by molar-refractivity contribution is -0.125. The van der Waals surface area contributed by atoms with Crippen molar-refractivity contribution in [3.05, 3.63) is 47.0 Å². The molecule has 0 aromatic carbocycles. The summed E-state index contributed by atoms with van der Waals surface area (Å²) in [6.45, 7) is 0. The van der Waals surface area contributed by atoms with Crippen LogP contribution in [-0.4, -0.2) is 49.8 Å². The van der Waals surface area contributed by atoms with E-state index >= 15 is 0 Å². The third-order valence-corrected chi connectivity index (χ3v) is 5.87. The van der Waals surface area contributed by atoms with Crippen LogP contribution in [0.4, 0.5) is 0 Å². The van der Waals surface area contributed by atoms with Crippen LogP contribution in [0.1, 0.15) is 51.4 Å². The highest BCUT2D eigenvalue weighted by Crippen LogP contribution is 2.30. The van der Waals surface area contributed by atoms with E-state index in [1.165, 1.54) is 12.5 Å². The zero-order valence-electron chi connectivity index (χ0n) is 18.4. The number of likely N-dealkylation sites (N-methyl/N-ethyl adjacent to an activating group) is 2. The molecule has 0 N–H and O–H groups in total. The van der Waals surface area contributed by atoms with Gasteiger partial charge in [-0.15, -0.1) is 0 Å². The fourth-order valence-corrected chi connectivity index (χ4v) is 4.04. The Morgan fingerprint density at radius 1 is 0.733 bits per heavy atom. The average Bonchev–Trinajstić information content (AvgIpc) is 2.73. The van der Waals surface area contributed by atoms with Gasteiger partial charge in [0.2, 0.25) is 11.8 Å². The molecule has 0 unspecified atom stereocenters. The first-order chi connectivity index (χ1) is 14.3. The molecule has 2 amide bonds. The fourth-order valence-electron chi connectivity index (χ4n) is 3.62. The minimum atomic E-state index is -2.76. The monoisotopic (exact) mass is 436 g/mol. The largest absolute Gasteiger partial charge is 0.426 e. The maximum absolute atomic E-state index is 12.3. The molecule has 0 fully saturated rings. The van der Waals surface area contributed by atoms with Gasteiger partial charge in [0.15, 0.2) is 0 Å². The first-order valence-electron chi connectivity index (χ1n) is 10.4. The van der Waals surface area contributed by atoms with Crippen LogP contribution < -0.4 is 0 Å². The minimum Gasteiger partial charge on any atom is -0.426 e. The van der Waals surface area contributed by atoms with Crippen molar-refractivity contribution in [3.8, 4) is 0 Å². The SMILES string of the molecule is CN(C)C(=O)C1=C(/C=C/O[PH](=O)O/C=C/C2=C(C(=O)N(C)C)CCCC2)CCCC1. The Morgan fingerprint density at radius 3 is 1.47 bits per heavy atom. The highest BCUT2D eigenvalue weighted by atomic mass is 31.1. The Bertz CT molecular complexity index is 729. The molecule has 7 nitrogen and oxygen atoms in total. The number of nitrogens with zero attached hydrogens (tertiary/aromatic N) is 2. The third kappa shape index (κ3) is 6.91. The van der Waals surface area contributed by atoms with Crippen molar-refractivity contribution < 1.29 is 23.2 Å². The molecule has 0 aliphatic heterocycles. The van der Waals surface area contributed by atoms with Crippen molar-refractivity contribution >= 4 is 20.1 Å². The van der Waals surface area contributed by atoms with E-state index in [4.69, 9.17) is 9.05 Å². The zero-order chi connectivity index (χ0) is 22.1. The number of hydrogen-bond acceptors (Lipinski definition) is 5. The lowest BCUT2D eigenvalue weighted by Gasteiger charge is -2.20. The lowest BCUT2D eigenvalue weighted by atomic mass is 9.91. The first kappa shape index (κ1) is 24.0. The van der Waals surface area contributed by atoms with Crippen LogP contribution in [0.5, 0.6) is 0 Å². The van der Waals surface area contributed by atoms with Crippen molar-refractivity contribution in [3.63, 3.8) is 0 Å². The predicted octanol–water partition coefficient (Wildman–Crippen LogP) is 4.35. The van der Waals surface area contributed by atoms with Gasteiger partial charge in [-0.2, -0.15) is 0 Å². The maximum Gasteiger partial charge on any atom is 0.417 e. The van der Waals surface area contributed by atoms with Crippen LogP contribution >= 0.6 is 8.25 Å². The molecular weight excluding hydrogens is 403 g/mol. The highest BCUT2D eigenvalue weighted by Gasteiger charge is 2.20. The van der Waals surface area contributed by atoms with Gasteiger partial charge >= 0.3 is 8.25 Å². The van der Waals surface area contributed by atoms with Crippen LogP contribution in [0.15, 0.2) is 47.0 Å². The Balaban J connectivity index is 1.95. The summed E-state index contributed by atoms with van der Waals surface area (Å²) < 4.78 is 22.4. The van der Waals surface area contributed by atoms with Gasteiger partial charge in [0.1, 0.15) is 0 Å². The number of carbonyl (C=O) groups is 2. The molecule has 0 bridgehead atoms. The molecular formula is C22H33N2O5P. The quantitative estimate of drug-likeness (QED) is 0.418. The van der Waals surface area contributed by atoms with Gasteiger partial charge < -0.3 is 18.8 Å². The first-order valence-corrected chi connectivity index (χ1v) is 11.6. The topological polar surface area (TPSA) is 76.1 Å². The van der Waals surface area contributed by atoms with E-state index < -0.39 is 8.25 Å². The van der Waals surface area contributed by atoms with Gasteiger partial charge in [0.05, 0.1) is 12.5 Å². The highest BCUT2D eigenvalue weighted by molar-refractivity contribution is 7.33. The van der Waals surface area contributed by atoms with Gasteiger partial charge in [-0.3, -0.25) is 9.59 Å². The van der Waals surface area contributed by atoms with Crippen molar-refractivity contribution in [2.75, 3.05) is 28.2 Å². The second kappa shape index (κ2) is 11.8. The molecule has 166 valence electrons. The summed E-state index contributed by atoms with van der Waals surface area (Å²) in [6.07, 6.45) is 13.2. The van der Waals surface area contributed by atoms with Crippen LogP contribution in [0.3, 0.4) is 0 Å². The van der Waals surface area contributed by atoms with Gasteiger partial charge in [-0.05, 0) is 74.7 Å². The number of allylic oxidation sites excluding steroid dienone is 4. The van der Waals surface area contributed by atoms with Crippen molar-refractivity contribution in [1.82, 2.24) is 9.80 Å². The summed E-state index contributed by atoms with van der Waals surface area (Å²) in [5.41, 5.74) is 3.41. The van der Waals surface area contributed by atoms with Crippen LogP contribution in [0.2, 0.25) is 0 Å². The van der Waals surface area contributed by atoms with Gasteiger partial charge in [-0.1, -0.05) is 0 Å². The average molecular weight is 436 g/mol. The van der Waals surface area contributed by atoms with Crippen molar-refractivity contribution in [2.24, 2.45) is 0 Å². The summed E-state index contributed by atoms with van der Waals surface area (Å²) in [5.74, 6) is 0.00929. The molecule has 2 aliphatic carbocycles. The molecule has 0 spiro atoms. The number of carbonyl (C=O) groups excluding carboxylic acids is 2. The molecule has 2 rings (SSSR count). The van der Waals surface area contributed by atoms with E-state index in [1.807, 2.05) is 0 Å². The molecule has 0 radical (unpaired) electrons. The maximum atomic E-state index is 12.3. The standard InChI is InChI=1S/C22H33N2O5P/c1-23(2)21(25)19-11-7-5-9-17(19)13-15-28-30(27)29-16-14-18-10-6-8-12-20(18)22(26)24(3)4/h13-16,30H,5-12H2,1-4H3/b15-13+,16-14+. The molecule has 0 aromatic heterocycles. The van der Waals surface area contributed by atoms with E-state index in [2.05, 4.69) is 0 Å².